The number of nitrogens with one attached hydrogen (secondary N) is 1. The zero-order valence-electron chi connectivity index (χ0n) is 10.2. The van der Waals surface area contributed by atoms with Gasteiger partial charge in [-0.1, -0.05) is 0 Å². The number of hydrogen-bond acceptors (Lipinski definition) is 5. The molecule has 1 aliphatic heterocycles. The maximum Gasteiger partial charge on any atom is 0.247 e. The molecule has 0 saturated carbocycles. The van der Waals surface area contributed by atoms with Crippen LogP contribution in [0.3, 0.4) is 0 Å². The van der Waals surface area contributed by atoms with Gasteiger partial charge in [0.1, 0.15) is 10.7 Å². The third-order valence-corrected chi connectivity index (χ3v) is 5.11. The summed E-state index contributed by atoms with van der Waals surface area (Å²) in [5, 5.41) is 12.0. The van der Waals surface area contributed by atoms with E-state index in [-0.39, 0.29) is 17.5 Å². The zero-order chi connectivity index (χ0) is 13.2. The van der Waals surface area contributed by atoms with Crippen LogP contribution in [0.4, 0.5) is 5.82 Å². The molecule has 100 valence electrons. The molecule has 0 radical (unpaired) electrons. The summed E-state index contributed by atoms with van der Waals surface area (Å²) in [5.41, 5.74) is 0. The maximum absolute atomic E-state index is 12.5. The van der Waals surface area contributed by atoms with Crippen LogP contribution < -0.4 is 5.32 Å². The quantitative estimate of drug-likeness (QED) is 0.821. The smallest absolute Gasteiger partial charge is 0.247 e. The van der Waals surface area contributed by atoms with Crippen LogP contribution in [0.5, 0.6) is 0 Å². The standard InChI is InChI=1S/C11H17N3O3S/c1-12-11-10(5-2-6-13-11)18(16,17)14-7-3-4-9(14)8-15/h2,5-6,9,15H,3-4,7-8H2,1H3,(H,12,13). The molecule has 0 bridgehead atoms. The van der Waals surface area contributed by atoms with Crippen LogP contribution in [0.25, 0.3) is 0 Å². The third kappa shape index (κ3) is 2.21. The topological polar surface area (TPSA) is 82.5 Å². The summed E-state index contributed by atoms with van der Waals surface area (Å²) in [6.45, 7) is 0.306. The van der Waals surface area contributed by atoms with Crippen LogP contribution in [0.1, 0.15) is 12.8 Å². The average molecular weight is 271 g/mol. The van der Waals surface area contributed by atoms with Crippen molar-refractivity contribution in [2.24, 2.45) is 0 Å². The molecule has 0 aliphatic carbocycles. The summed E-state index contributed by atoms with van der Waals surface area (Å²) >= 11 is 0. The van der Waals surface area contributed by atoms with Crippen LogP contribution in [0.15, 0.2) is 23.2 Å². The molecule has 1 unspecified atom stereocenters. The highest BCUT2D eigenvalue weighted by molar-refractivity contribution is 7.89. The number of hydrogen-bond donors (Lipinski definition) is 2. The van der Waals surface area contributed by atoms with Crippen molar-refractivity contribution in [2.75, 3.05) is 25.5 Å². The number of aliphatic hydroxyl groups is 1. The van der Waals surface area contributed by atoms with Gasteiger partial charge in [0, 0.05) is 25.8 Å². The predicted molar refractivity (Wildman–Crippen MR) is 67.8 cm³/mol. The minimum absolute atomic E-state index is 0.144. The number of anilines is 1. The van der Waals surface area contributed by atoms with Crippen LogP contribution in [0, 0.1) is 0 Å². The van der Waals surface area contributed by atoms with Gasteiger partial charge >= 0.3 is 0 Å². The number of aromatic nitrogens is 1. The summed E-state index contributed by atoms with van der Waals surface area (Å²) in [5.74, 6) is 0.334. The highest BCUT2D eigenvalue weighted by Crippen LogP contribution is 2.28. The van der Waals surface area contributed by atoms with Crippen molar-refractivity contribution in [1.29, 1.82) is 0 Å². The molecule has 2 heterocycles. The summed E-state index contributed by atoms with van der Waals surface area (Å²) in [4.78, 5) is 4.17. The zero-order valence-corrected chi connectivity index (χ0v) is 11.0. The van der Waals surface area contributed by atoms with Crippen LogP contribution >= 0.6 is 0 Å². The fraction of sp³-hybridized carbons (Fsp3) is 0.545. The van der Waals surface area contributed by atoms with Gasteiger partial charge in [0.2, 0.25) is 10.0 Å². The number of aliphatic hydroxyl groups excluding tert-OH is 1. The largest absolute Gasteiger partial charge is 0.395 e. The molecule has 1 fully saturated rings. The molecule has 1 aromatic rings. The Bertz CT molecular complexity index is 518. The lowest BCUT2D eigenvalue weighted by Crippen LogP contribution is -2.37. The predicted octanol–water partition coefficient (Wildman–Crippen LogP) is 0.269. The number of sulfonamides is 1. The maximum atomic E-state index is 12.5. The lowest BCUT2D eigenvalue weighted by atomic mass is 10.2. The van der Waals surface area contributed by atoms with Gasteiger partial charge in [-0.15, -0.1) is 0 Å². The van der Waals surface area contributed by atoms with E-state index in [1.54, 1.807) is 19.3 Å². The lowest BCUT2D eigenvalue weighted by molar-refractivity contribution is 0.213. The Balaban J connectivity index is 2.42. The van der Waals surface area contributed by atoms with Gasteiger partial charge in [0.25, 0.3) is 0 Å². The van der Waals surface area contributed by atoms with Crippen molar-refractivity contribution in [1.82, 2.24) is 9.29 Å². The fourth-order valence-electron chi connectivity index (χ4n) is 2.22. The summed E-state index contributed by atoms with van der Waals surface area (Å²) in [7, 11) is -1.96. The first-order valence-electron chi connectivity index (χ1n) is 5.86. The second-order valence-corrected chi connectivity index (χ2v) is 6.05. The molecule has 1 atom stereocenters. The Labute approximate surface area is 107 Å². The van der Waals surface area contributed by atoms with E-state index in [4.69, 9.17) is 0 Å². The Morgan fingerprint density at radius 1 is 1.61 bits per heavy atom. The van der Waals surface area contributed by atoms with E-state index < -0.39 is 10.0 Å². The molecule has 7 heteroatoms. The minimum atomic E-state index is -3.59. The Morgan fingerprint density at radius 3 is 3.06 bits per heavy atom. The van der Waals surface area contributed by atoms with E-state index in [0.717, 1.165) is 6.42 Å². The minimum Gasteiger partial charge on any atom is -0.395 e. The Hall–Kier alpha value is -1.18. The van der Waals surface area contributed by atoms with Gasteiger partial charge in [-0.05, 0) is 25.0 Å². The molecular weight excluding hydrogens is 254 g/mol. The molecule has 0 amide bonds. The molecular formula is C11H17N3O3S. The van der Waals surface area contributed by atoms with Gasteiger partial charge in [-0.25, -0.2) is 13.4 Å². The molecule has 18 heavy (non-hydrogen) atoms. The van der Waals surface area contributed by atoms with Gasteiger partial charge in [-0.3, -0.25) is 0 Å². The van der Waals surface area contributed by atoms with E-state index in [9.17, 15) is 13.5 Å². The molecule has 2 N–H and O–H groups in total. The Kier molecular flexibility index (Phi) is 3.84. The van der Waals surface area contributed by atoms with Crippen molar-refractivity contribution in [2.45, 2.75) is 23.8 Å². The van der Waals surface area contributed by atoms with Crippen molar-refractivity contribution in [3.63, 3.8) is 0 Å². The first-order chi connectivity index (χ1) is 8.61. The van der Waals surface area contributed by atoms with E-state index in [0.29, 0.717) is 18.8 Å². The fourth-order valence-corrected chi connectivity index (χ4v) is 4.06. The van der Waals surface area contributed by atoms with Crippen molar-refractivity contribution < 1.29 is 13.5 Å². The summed E-state index contributed by atoms with van der Waals surface area (Å²) < 4.78 is 26.4. The highest BCUT2D eigenvalue weighted by Gasteiger charge is 2.36. The molecule has 1 aliphatic rings. The molecule has 1 aromatic heterocycles. The molecule has 2 rings (SSSR count). The average Bonchev–Trinajstić information content (AvgIpc) is 2.87. The number of rotatable bonds is 4. The Morgan fingerprint density at radius 2 is 2.39 bits per heavy atom. The van der Waals surface area contributed by atoms with E-state index in [2.05, 4.69) is 10.3 Å². The molecule has 6 nitrogen and oxygen atoms in total. The second kappa shape index (κ2) is 5.21. The highest BCUT2D eigenvalue weighted by atomic mass is 32.2. The second-order valence-electron chi connectivity index (χ2n) is 4.19. The van der Waals surface area contributed by atoms with Gasteiger partial charge in [0.05, 0.1) is 6.61 Å². The van der Waals surface area contributed by atoms with Gasteiger partial charge in [-0.2, -0.15) is 4.31 Å². The van der Waals surface area contributed by atoms with Crippen molar-refractivity contribution in [3.8, 4) is 0 Å². The summed E-state index contributed by atoms with van der Waals surface area (Å²) in [6, 6.07) is 2.80. The first kappa shape index (κ1) is 13.3. The molecule has 0 aromatic carbocycles. The van der Waals surface area contributed by atoms with Crippen LogP contribution in [-0.4, -0.2) is 49.1 Å². The normalized spacial score (nSPS) is 21.1. The molecule has 0 spiro atoms. The number of pyridine rings is 1. The van der Waals surface area contributed by atoms with Crippen molar-refractivity contribution >= 4 is 15.8 Å². The van der Waals surface area contributed by atoms with E-state index in [1.165, 1.54) is 10.4 Å². The lowest BCUT2D eigenvalue weighted by Gasteiger charge is -2.23. The van der Waals surface area contributed by atoms with Crippen molar-refractivity contribution in [3.05, 3.63) is 18.3 Å². The van der Waals surface area contributed by atoms with E-state index >= 15 is 0 Å². The monoisotopic (exact) mass is 271 g/mol. The van der Waals surface area contributed by atoms with Crippen LogP contribution in [-0.2, 0) is 10.0 Å². The third-order valence-electron chi connectivity index (χ3n) is 3.13. The van der Waals surface area contributed by atoms with Crippen LogP contribution in [0.2, 0.25) is 0 Å². The summed E-state index contributed by atoms with van der Waals surface area (Å²) in [6.07, 6.45) is 3.02. The first-order valence-corrected chi connectivity index (χ1v) is 7.30. The SMILES string of the molecule is CNc1ncccc1S(=O)(=O)N1CCCC1CO. The van der Waals surface area contributed by atoms with Gasteiger partial charge in [0.15, 0.2) is 0 Å². The number of nitrogens with zero attached hydrogens (tertiary/aromatic N) is 2. The van der Waals surface area contributed by atoms with Gasteiger partial charge < -0.3 is 10.4 Å². The molecule has 1 saturated heterocycles. The van der Waals surface area contributed by atoms with E-state index in [1.807, 2.05) is 0 Å².